The van der Waals surface area contributed by atoms with E-state index in [4.69, 9.17) is 9.84 Å². The van der Waals surface area contributed by atoms with Crippen molar-refractivity contribution in [3.05, 3.63) is 58.2 Å². The fourth-order valence-electron chi connectivity index (χ4n) is 6.14. The minimum atomic E-state index is -1.11. The Balaban J connectivity index is 1.62. The van der Waals surface area contributed by atoms with Gasteiger partial charge in [-0.1, -0.05) is 17.7 Å². The van der Waals surface area contributed by atoms with E-state index in [9.17, 15) is 29.1 Å². The number of phenolic OH excluding ortho intramolecular Hbond substituents is 1. The first kappa shape index (κ1) is 23.7. The average molecular weight is 491 g/mol. The molecule has 2 amide bonds. The number of phenols is 1. The zero-order chi connectivity index (χ0) is 25.9. The zero-order valence-corrected chi connectivity index (χ0v) is 19.8. The molecule has 4 unspecified atom stereocenters. The highest BCUT2D eigenvalue weighted by Gasteiger charge is 2.56. The van der Waals surface area contributed by atoms with Crippen LogP contribution in [0.4, 0.5) is 0 Å². The van der Waals surface area contributed by atoms with E-state index in [1.807, 2.05) is 6.08 Å². The van der Waals surface area contributed by atoms with E-state index in [0.29, 0.717) is 22.3 Å². The molecule has 9 nitrogen and oxygen atoms in total. The maximum absolute atomic E-state index is 13.4. The summed E-state index contributed by atoms with van der Waals surface area (Å²) in [6.45, 7) is 1.37. The summed E-state index contributed by atoms with van der Waals surface area (Å²) >= 11 is 0. The van der Waals surface area contributed by atoms with Gasteiger partial charge in [0.1, 0.15) is 0 Å². The molecule has 5 rings (SSSR count). The van der Waals surface area contributed by atoms with Gasteiger partial charge in [0, 0.05) is 29.2 Å². The molecule has 4 atom stereocenters. The number of carboxylic acid groups (broad SMARTS) is 1. The molecule has 4 aliphatic rings. The van der Waals surface area contributed by atoms with Crippen molar-refractivity contribution in [1.29, 1.82) is 0 Å². The van der Waals surface area contributed by atoms with Crippen LogP contribution in [0.5, 0.6) is 11.5 Å². The summed E-state index contributed by atoms with van der Waals surface area (Å²) in [5, 5.41) is 19.5. The molecule has 1 fully saturated rings. The van der Waals surface area contributed by atoms with E-state index >= 15 is 0 Å². The first-order valence-corrected chi connectivity index (χ1v) is 11.8. The predicted molar refractivity (Wildman–Crippen MR) is 125 cm³/mol. The Hall–Kier alpha value is -4.01. The molecule has 3 aliphatic carbocycles. The lowest BCUT2D eigenvalue weighted by atomic mass is 9.59. The maximum atomic E-state index is 13.4. The predicted octanol–water partition coefficient (Wildman–Crippen LogP) is 2.31. The number of aromatic hydroxyl groups is 1. The number of imide groups is 1. The molecule has 0 aromatic heterocycles. The van der Waals surface area contributed by atoms with E-state index in [2.05, 4.69) is 0 Å². The SMILES string of the molecule is COc1ccc(C2C3=CCC4C(=O)N(CCC(=O)O)C(=O)C4C3CC3=C2C(=O)C=C(C)C3=O)cc1O. The molecule has 2 N–H and O–H groups in total. The fourth-order valence-corrected chi connectivity index (χ4v) is 6.14. The van der Waals surface area contributed by atoms with E-state index in [0.717, 1.165) is 10.5 Å². The number of nitrogens with zero attached hydrogens (tertiary/aromatic N) is 1. The van der Waals surface area contributed by atoms with Gasteiger partial charge < -0.3 is 14.9 Å². The van der Waals surface area contributed by atoms with Crippen LogP contribution >= 0.6 is 0 Å². The molecule has 1 aliphatic heterocycles. The molecule has 0 spiro atoms. The summed E-state index contributed by atoms with van der Waals surface area (Å²) in [7, 11) is 1.42. The summed E-state index contributed by atoms with van der Waals surface area (Å²) in [5.41, 5.74) is 2.30. The van der Waals surface area contributed by atoms with Gasteiger partial charge in [0.05, 0.1) is 25.4 Å². The molecular weight excluding hydrogens is 466 g/mol. The molecular formula is C27H25NO8. The van der Waals surface area contributed by atoms with Gasteiger partial charge in [0.2, 0.25) is 11.8 Å². The van der Waals surface area contributed by atoms with Crippen LogP contribution in [0.15, 0.2) is 52.6 Å². The number of aliphatic carboxylic acids is 1. The average Bonchev–Trinajstić information content (AvgIpc) is 3.09. The number of carbonyl (C=O) groups is 5. The summed E-state index contributed by atoms with van der Waals surface area (Å²) in [5.74, 6) is -4.95. The normalized spacial score (nSPS) is 27.3. The Bertz CT molecular complexity index is 1330. The molecule has 1 aromatic rings. The second-order valence-electron chi connectivity index (χ2n) is 9.63. The highest BCUT2D eigenvalue weighted by Crippen LogP contribution is 2.55. The van der Waals surface area contributed by atoms with Crippen molar-refractivity contribution in [2.24, 2.45) is 17.8 Å². The first-order chi connectivity index (χ1) is 17.1. The molecule has 0 saturated carbocycles. The van der Waals surface area contributed by atoms with E-state index in [1.165, 1.54) is 19.3 Å². The van der Waals surface area contributed by atoms with Crippen molar-refractivity contribution in [1.82, 2.24) is 4.90 Å². The Kier molecular flexibility index (Phi) is 5.65. The van der Waals surface area contributed by atoms with Crippen LogP contribution in [0.1, 0.15) is 37.7 Å². The van der Waals surface area contributed by atoms with E-state index in [-0.39, 0.29) is 48.9 Å². The Labute approximate surface area is 206 Å². The van der Waals surface area contributed by atoms with E-state index in [1.54, 1.807) is 19.1 Å². The van der Waals surface area contributed by atoms with Gasteiger partial charge in [-0.15, -0.1) is 0 Å². The van der Waals surface area contributed by atoms with Crippen molar-refractivity contribution in [3.63, 3.8) is 0 Å². The number of rotatable bonds is 5. The lowest BCUT2D eigenvalue weighted by Crippen LogP contribution is -2.40. The number of carbonyl (C=O) groups excluding carboxylic acids is 4. The maximum Gasteiger partial charge on any atom is 0.305 e. The quantitative estimate of drug-likeness (QED) is 0.364. The number of methoxy groups -OCH3 is 1. The Morgan fingerprint density at radius 3 is 2.56 bits per heavy atom. The number of carboxylic acids is 1. The van der Waals surface area contributed by atoms with Gasteiger partial charge in [0.15, 0.2) is 23.1 Å². The van der Waals surface area contributed by atoms with Crippen LogP contribution in [0.3, 0.4) is 0 Å². The van der Waals surface area contributed by atoms with Gasteiger partial charge in [-0.3, -0.25) is 28.9 Å². The number of fused-ring (bicyclic) bond motifs is 3. The van der Waals surface area contributed by atoms with Crippen molar-refractivity contribution in [3.8, 4) is 11.5 Å². The Morgan fingerprint density at radius 2 is 1.89 bits per heavy atom. The third-order valence-corrected chi connectivity index (χ3v) is 7.74. The van der Waals surface area contributed by atoms with Crippen molar-refractivity contribution in [2.45, 2.75) is 32.1 Å². The van der Waals surface area contributed by atoms with Crippen LogP contribution in [0, 0.1) is 17.8 Å². The van der Waals surface area contributed by atoms with Crippen LogP contribution in [0.2, 0.25) is 0 Å². The number of likely N-dealkylation sites (tertiary alicyclic amines) is 1. The second-order valence-corrected chi connectivity index (χ2v) is 9.63. The van der Waals surface area contributed by atoms with Gasteiger partial charge in [-0.2, -0.15) is 0 Å². The molecule has 1 aromatic carbocycles. The van der Waals surface area contributed by atoms with Gasteiger partial charge in [-0.25, -0.2) is 0 Å². The van der Waals surface area contributed by atoms with Crippen molar-refractivity contribution in [2.75, 3.05) is 13.7 Å². The second kappa shape index (κ2) is 8.58. The van der Waals surface area contributed by atoms with Crippen molar-refractivity contribution >= 4 is 29.4 Å². The molecule has 186 valence electrons. The fraction of sp³-hybridized carbons (Fsp3) is 0.370. The van der Waals surface area contributed by atoms with Crippen LogP contribution in [0.25, 0.3) is 0 Å². The minimum Gasteiger partial charge on any atom is -0.504 e. The number of hydrogen-bond donors (Lipinski definition) is 2. The molecule has 36 heavy (non-hydrogen) atoms. The van der Waals surface area contributed by atoms with Crippen LogP contribution in [-0.2, 0) is 24.0 Å². The summed E-state index contributed by atoms with van der Waals surface area (Å²) in [4.78, 5) is 65.0. The summed E-state index contributed by atoms with van der Waals surface area (Å²) in [6, 6.07) is 4.79. The molecule has 1 heterocycles. The van der Waals surface area contributed by atoms with Crippen LogP contribution in [-0.4, -0.2) is 58.1 Å². The van der Waals surface area contributed by atoms with Gasteiger partial charge >= 0.3 is 5.97 Å². The molecule has 1 saturated heterocycles. The zero-order valence-electron chi connectivity index (χ0n) is 19.8. The summed E-state index contributed by atoms with van der Waals surface area (Å²) in [6.07, 6.45) is 3.26. The third kappa shape index (κ3) is 3.49. The molecule has 9 heteroatoms. The minimum absolute atomic E-state index is 0.123. The summed E-state index contributed by atoms with van der Waals surface area (Å²) < 4.78 is 5.15. The lowest BCUT2D eigenvalue weighted by molar-refractivity contribution is -0.142. The standard InChI is InChI=1S/C27H25NO8/c1-12-9-19(30)24-17(25(12)33)11-16-14(22(24)13-3-6-20(36-2)18(29)10-13)4-5-15-23(16)27(35)28(26(15)34)8-7-21(31)32/h3-4,6,9-10,15-16,22-23,29H,5,7-8,11H2,1-2H3,(H,31,32). The first-order valence-electron chi connectivity index (χ1n) is 11.8. The molecule has 0 radical (unpaired) electrons. The smallest absolute Gasteiger partial charge is 0.305 e. The van der Waals surface area contributed by atoms with Crippen LogP contribution < -0.4 is 4.74 Å². The van der Waals surface area contributed by atoms with Gasteiger partial charge in [-0.05, 0) is 49.5 Å². The highest BCUT2D eigenvalue weighted by molar-refractivity contribution is 6.23. The lowest BCUT2D eigenvalue weighted by Gasteiger charge is -2.42. The number of hydrogen-bond acceptors (Lipinski definition) is 7. The number of Topliss-reactive ketones (excluding diaryl/α,β-unsaturated/α-hetero) is 1. The number of allylic oxidation sites excluding steroid dienone is 6. The Morgan fingerprint density at radius 1 is 1.14 bits per heavy atom. The van der Waals surface area contributed by atoms with E-state index < -0.39 is 41.5 Å². The number of ether oxygens (including phenoxy) is 1. The van der Waals surface area contributed by atoms with Crippen molar-refractivity contribution < 1.29 is 38.9 Å². The third-order valence-electron chi connectivity index (χ3n) is 7.74. The monoisotopic (exact) mass is 491 g/mol. The highest BCUT2D eigenvalue weighted by atomic mass is 16.5. The molecule has 0 bridgehead atoms. The topological polar surface area (TPSA) is 138 Å². The van der Waals surface area contributed by atoms with Gasteiger partial charge in [0.25, 0.3) is 0 Å². The number of ketones is 2. The number of benzene rings is 1. The number of amides is 2. The largest absolute Gasteiger partial charge is 0.504 e.